The Balaban J connectivity index is 3.15. The zero-order valence-electron chi connectivity index (χ0n) is 10.3. The Labute approximate surface area is 92.1 Å². The fraction of sp³-hybridized carbons (Fsp3) is 0.583. The molecule has 0 aromatic carbocycles. The SMILES string of the molecule is Cc1cc(C)c(CN)c(NC(C)(C)C)n1. The lowest BCUT2D eigenvalue weighted by molar-refractivity contribution is 0.628. The lowest BCUT2D eigenvalue weighted by Crippen LogP contribution is -2.28. The number of nitrogens with two attached hydrogens (primary N) is 1. The van der Waals surface area contributed by atoms with Crippen LogP contribution in [0.1, 0.15) is 37.6 Å². The zero-order chi connectivity index (χ0) is 11.6. The Hall–Kier alpha value is -1.09. The minimum absolute atomic E-state index is 0.0111. The summed E-state index contributed by atoms with van der Waals surface area (Å²) in [5, 5.41) is 3.39. The minimum Gasteiger partial charge on any atom is -0.365 e. The molecule has 0 aliphatic rings. The summed E-state index contributed by atoms with van der Waals surface area (Å²) < 4.78 is 0. The molecule has 1 aromatic rings. The summed E-state index contributed by atoms with van der Waals surface area (Å²) in [5.74, 6) is 0.919. The molecular formula is C12H21N3. The third-order valence-electron chi connectivity index (χ3n) is 2.17. The van der Waals surface area contributed by atoms with Crippen molar-refractivity contribution < 1.29 is 0 Å². The summed E-state index contributed by atoms with van der Waals surface area (Å²) in [5.41, 5.74) is 9.09. The molecule has 0 bridgehead atoms. The lowest BCUT2D eigenvalue weighted by atomic mass is 10.1. The molecule has 0 atom stereocenters. The molecule has 0 saturated carbocycles. The highest BCUT2D eigenvalue weighted by atomic mass is 15.0. The number of nitrogens with one attached hydrogen (secondary N) is 1. The van der Waals surface area contributed by atoms with E-state index in [1.807, 2.05) is 6.92 Å². The van der Waals surface area contributed by atoms with E-state index in [1.165, 1.54) is 5.56 Å². The van der Waals surface area contributed by atoms with Gasteiger partial charge in [-0.15, -0.1) is 0 Å². The lowest BCUT2D eigenvalue weighted by Gasteiger charge is -2.24. The molecule has 0 spiro atoms. The number of hydrogen-bond acceptors (Lipinski definition) is 3. The van der Waals surface area contributed by atoms with Gasteiger partial charge in [-0.2, -0.15) is 0 Å². The third-order valence-corrected chi connectivity index (χ3v) is 2.17. The second-order valence-electron chi connectivity index (χ2n) is 4.99. The van der Waals surface area contributed by atoms with E-state index in [1.54, 1.807) is 0 Å². The largest absolute Gasteiger partial charge is 0.365 e. The Morgan fingerprint density at radius 1 is 1.33 bits per heavy atom. The molecule has 15 heavy (non-hydrogen) atoms. The van der Waals surface area contributed by atoms with Crippen LogP contribution in [0, 0.1) is 13.8 Å². The molecule has 84 valence electrons. The van der Waals surface area contributed by atoms with Crippen LogP contribution >= 0.6 is 0 Å². The van der Waals surface area contributed by atoms with Crippen molar-refractivity contribution in [2.24, 2.45) is 5.73 Å². The summed E-state index contributed by atoms with van der Waals surface area (Å²) in [6, 6.07) is 2.07. The van der Waals surface area contributed by atoms with Gasteiger partial charge in [0.25, 0.3) is 0 Å². The number of hydrogen-bond donors (Lipinski definition) is 2. The number of anilines is 1. The molecule has 0 saturated heterocycles. The normalized spacial score (nSPS) is 11.6. The van der Waals surface area contributed by atoms with E-state index < -0.39 is 0 Å². The predicted octanol–water partition coefficient (Wildman–Crippen LogP) is 2.37. The molecule has 1 aromatic heterocycles. The van der Waals surface area contributed by atoms with E-state index in [0.29, 0.717) is 6.54 Å². The van der Waals surface area contributed by atoms with Crippen molar-refractivity contribution in [2.75, 3.05) is 5.32 Å². The summed E-state index contributed by atoms with van der Waals surface area (Å²) in [6.45, 7) is 11.0. The van der Waals surface area contributed by atoms with Crippen LogP contribution in [0.25, 0.3) is 0 Å². The molecule has 1 rings (SSSR count). The highest BCUT2D eigenvalue weighted by Crippen LogP contribution is 2.21. The van der Waals surface area contributed by atoms with E-state index in [4.69, 9.17) is 5.73 Å². The van der Waals surface area contributed by atoms with Crippen molar-refractivity contribution in [1.29, 1.82) is 0 Å². The van der Waals surface area contributed by atoms with Crippen LogP contribution in [0.4, 0.5) is 5.82 Å². The van der Waals surface area contributed by atoms with Gasteiger partial charge in [-0.1, -0.05) is 0 Å². The Morgan fingerprint density at radius 3 is 2.40 bits per heavy atom. The van der Waals surface area contributed by atoms with Gasteiger partial charge in [0.1, 0.15) is 5.82 Å². The monoisotopic (exact) mass is 207 g/mol. The molecule has 0 fully saturated rings. The van der Waals surface area contributed by atoms with E-state index in [0.717, 1.165) is 17.1 Å². The summed E-state index contributed by atoms with van der Waals surface area (Å²) in [6.07, 6.45) is 0. The van der Waals surface area contributed by atoms with E-state index in [-0.39, 0.29) is 5.54 Å². The van der Waals surface area contributed by atoms with Gasteiger partial charge in [0.2, 0.25) is 0 Å². The minimum atomic E-state index is 0.0111. The first kappa shape index (κ1) is 12.0. The van der Waals surface area contributed by atoms with Crippen LogP contribution < -0.4 is 11.1 Å². The van der Waals surface area contributed by atoms with Crippen molar-refractivity contribution in [3.8, 4) is 0 Å². The first-order valence-electron chi connectivity index (χ1n) is 5.29. The maximum Gasteiger partial charge on any atom is 0.131 e. The molecule has 0 unspecified atom stereocenters. The summed E-state index contributed by atoms with van der Waals surface area (Å²) in [7, 11) is 0. The average Bonchev–Trinajstić information content (AvgIpc) is 1.99. The van der Waals surface area contributed by atoms with Gasteiger partial charge < -0.3 is 11.1 Å². The van der Waals surface area contributed by atoms with Gasteiger partial charge in [0, 0.05) is 23.3 Å². The van der Waals surface area contributed by atoms with Crippen molar-refractivity contribution in [2.45, 2.75) is 46.7 Å². The van der Waals surface area contributed by atoms with Crippen LogP contribution in [0.5, 0.6) is 0 Å². The molecule has 3 heteroatoms. The average molecular weight is 207 g/mol. The van der Waals surface area contributed by atoms with Crippen LogP contribution in [0.3, 0.4) is 0 Å². The Bertz CT molecular complexity index is 351. The highest BCUT2D eigenvalue weighted by molar-refractivity contribution is 5.50. The molecule has 0 aliphatic heterocycles. The standard InChI is InChI=1S/C12H21N3/c1-8-6-9(2)14-11(10(8)7-13)15-12(3,4)5/h6H,7,13H2,1-5H3,(H,14,15). The van der Waals surface area contributed by atoms with Gasteiger partial charge in [-0.3, -0.25) is 0 Å². The first-order chi connectivity index (χ1) is 6.83. The maximum absolute atomic E-state index is 5.74. The Morgan fingerprint density at radius 2 is 1.93 bits per heavy atom. The summed E-state index contributed by atoms with van der Waals surface area (Å²) in [4.78, 5) is 4.50. The van der Waals surface area contributed by atoms with Gasteiger partial charge in [-0.05, 0) is 46.2 Å². The predicted molar refractivity (Wildman–Crippen MR) is 65.0 cm³/mol. The van der Waals surface area contributed by atoms with Crippen molar-refractivity contribution in [1.82, 2.24) is 4.98 Å². The van der Waals surface area contributed by atoms with Gasteiger partial charge in [0.15, 0.2) is 0 Å². The van der Waals surface area contributed by atoms with Gasteiger partial charge >= 0.3 is 0 Å². The van der Waals surface area contributed by atoms with Crippen molar-refractivity contribution >= 4 is 5.82 Å². The molecule has 3 N–H and O–H groups in total. The fourth-order valence-corrected chi connectivity index (χ4v) is 1.58. The maximum atomic E-state index is 5.74. The third kappa shape index (κ3) is 3.20. The topological polar surface area (TPSA) is 50.9 Å². The van der Waals surface area contributed by atoms with Gasteiger partial charge in [-0.25, -0.2) is 4.98 Å². The van der Waals surface area contributed by atoms with Crippen molar-refractivity contribution in [3.63, 3.8) is 0 Å². The number of aryl methyl sites for hydroxylation is 2. The second kappa shape index (κ2) is 4.19. The van der Waals surface area contributed by atoms with Crippen LogP contribution in [0.15, 0.2) is 6.07 Å². The van der Waals surface area contributed by atoms with Gasteiger partial charge in [0.05, 0.1) is 0 Å². The van der Waals surface area contributed by atoms with Crippen LogP contribution in [-0.2, 0) is 6.54 Å². The first-order valence-corrected chi connectivity index (χ1v) is 5.29. The Kier molecular flexibility index (Phi) is 3.35. The molecule has 0 aliphatic carbocycles. The molecule has 0 amide bonds. The molecule has 1 heterocycles. The van der Waals surface area contributed by atoms with E-state index in [9.17, 15) is 0 Å². The zero-order valence-corrected chi connectivity index (χ0v) is 10.3. The summed E-state index contributed by atoms with van der Waals surface area (Å²) >= 11 is 0. The van der Waals surface area contributed by atoms with Crippen LogP contribution in [-0.4, -0.2) is 10.5 Å². The quantitative estimate of drug-likeness (QED) is 0.782. The second-order valence-corrected chi connectivity index (χ2v) is 4.99. The van der Waals surface area contributed by atoms with Crippen LogP contribution in [0.2, 0.25) is 0 Å². The van der Waals surface area contributed by atoms with E-state index >= 15 is 0 Å². The molecular weight excluding hydrogens is 186 g/mol. The fourth-order valence-electron chi connectivity index (χ4n) is 1.58. The smallest absolute Gasteiger partial charge is 0.131 e. The highest BCUT2D eigenvalue weighted by Gasteiger charge is 2.14. The van der Waals surface area contributed by atoms with E-state index in [2.05, 4.69) is 44.1 Å². The molecule has 0 radical (unpaired) electrons. The number of rotatable bonds is 2. The number of aromatic nitrogens is 1. The van der Waals surface area contributed by atoms with Crippen molar-refractivity contribution in [3.05, 3.63) is 22.9 Å². The molecule has 3 nitrogen and oxygen atoms in total. The number of pyridine rings is 1. The number of nitrogens with zero attached hydrogens (tertiary/aromatic N) is 1.